The Morgan fingerprint density at radius 2 is 1.95 bits per heavy atom. The Bertz CT molecular complexity index is 500. The first-order valence-corrected chi connectivity index (χ1v) is 5.88. The molecule has 0 saturated heterocycles. The summed E-state index contributed by atoms with van der Waals surface area (Å²) in [4.78, 5) is 33.3. The number of nitrogens with one attached hydrogen (secondary N) is 1. The van der Waals surface area contributed by atoms with Crippen LogP contribution >= 0.6 is 0 Å². The van der Waals surface area contributed by atoms with E-state index in [9.17, 15) is 19.7 Å². The fourth-order valence-corrected chi connectivity index (χ4v) is 1.45. The van der Waals surface area contributed by atoms with Gasteiger partial charge in [0.1, 0.15) is 0 Å². The zero-order valence-corrected chi connectivity index (χ0v) is 10.9. The number of hydrogen-bond donors (Lipinski definition) is 2. The maximum absolute atomic E-state index is 11.7. The maximum atomic E-state index is 11.7. The lowest BCUT2D eigenvalue weighted by Crippen LogP contribution is -2.30. The van der Waals surface area contributed by atoms with Crippen LogP contribution in [0.15, 0.2) is 24.3 Å². The maximum Gasteiger partial charge on any atom is 0.407 e. The van der Waals surface area contributed by atoms with Gasteiger partial charge in [-0.15, -0.1) is 0 Å². The van der Waals surface area contributed by atoms with Crippen molar-refractivity contribution < 1.29 is 19.6 Å². The highest BCUT2D eigenvalue weighted by atomic mass is 16.6. The quantitative estimate of drug-likeness (QED) is 0.464. The van der Waals surface area contributed by atoms with Crippen LogP contribution in [0.2, 0.25) is 0 Å². The van der Waals surface area contributed by atoms with Crippen LogP contribution in [0.1, 0.15) is 16.8 Å². The van der Waals surface area contributed by atoms with Crippen LogP contribution in [0.5, 0.6) is 0 Å². The first-order chi connectivity index (χ1) is 9.41. The number of carboxylic acid groups (broad SMARTS) is 1. The number of rotatable bonds is 6. The second-order valence-corrected chi connectivity index (χ2v) is 4.12. The number of amides is 2. The molecule has 0 bridgehead atoms. The lowest BCUT2D eigenvalue weighted by molar-refractivity contribution is -0.384. The molecule has 0 spiro atoms. The van der Waals surface area contributed by atoms with E-state index in [4.69, 9.17) is 5.11 Å². The lowest BCUT2D eigenvalue weighted by atomic mass is 10.2. The predicted octanol–water partition coefficient (Wildman–Crippen LogP) is 1.32. The molecule has 0 aromatic heterocycles. The van der Waals surface area contributed by atoms with Gasteiger partial charge in [0, 0.05) is 37.8 Å². The monoisotopic (exact) mass is 281 g/mol. The first kappa shape index (κ1) is 15.4. The average molecular weight is 281 g/mol. The topological polar surface area (TPSA) is 113 Å². The highest BCUT2D eigenvalue weighted by molar-refractivity contribution is 5.94. The summed E-state index contributed by atoms with van der Waals surface area (Å²) >= 11 is 0. The third-order valence-electron chi connectivity index (χ3n) is 2.62. The number of nitro benzene ring substituents is 1. The van der Waals surface area contributed by atoms with E-state index in [2.05, 4.69) is 5.32 Å². The van der Waals surface area contributed by atoms with Gasteiger partial charge in [-0.05, 0) is 18.6 Å². The summed E-state index contributed by atoms with van der Waals surface area (Å²) in [6.07, 6.45) is -0.534. The van der Waals surface area contributed by atoms with Gasteiger partial charge in [-0.1, -0.05) is 0 Å². The molecule has 0 aliphatic heterocycles. The van der Waals surface area contributed by atoms with Crippen molar-refractivity contribution in [3.8, 4) is 0 Å². The Morgan fingerprint density at radius 1 is 1.35 bits per heavy atom. The van der Waals surface area contributed by atoms with Crippen molar-refractivity contribution >= 4 is 17.7 Å². The molecule has 2 amide bonds. The van der Waals surface area contributed by atoms with Crippen molar-refractivity contribution in [1.82, 2.24) is 10.2 Å². The standard InChI is InChI=1S/C12H15N3O5/c1-14(12(17)18)8-2-7-13-11(16)9-3-5-10(6-4-9)15(19)20/h3-6H,2,7-8H2,1H3,(H,13,16)(H,17,18). The number of benzene rings is 1. The fraction of sp³-hybridized carbons (Fsp3) is 0.333. The van der Waals surface area contributed by atoms with Crippen LogP contribution in [-0.2, 0) is 0 Å². The van der Waals surface area contributed by atoms with Crippen LogP contribution in [0.3, 0.4) is 0 Å². The number of nitrogens with zero attached hydrogens (tertiary/aromatic N) is 2. The van der Waals surface area contributed by atoms with Crippen molar-refractivity contribution in [2.24, 2.45) is 0 Å². The third-order valence-corrected chi connectivity index (χ3v) is 2.62. The summed E-state index contributed by atoms with van der Waals surface area (Å²) in [5.74, 6) is -0.349. The summed E-state index contributed by atoms with van der Waals surface area (Å²) in [7, 11) is 1.44. The molecule has 20 heavy (non-hydrogen) atoms. The van der Waals surface area contributed by atoms with Crippen LogP contribution in [0.25, 0.3) is 0 Å². The zero-order chi connectivity index (χ0) is 15.1. The molecule has 108 valence electrons. The Hall–Kier alpha value is -2.64. The molecule has 1 aromatic carbocycles. The van der Waals surface area contributed by atoms with Gasteiger partial charge in [0.25, 0.3) is 11.6 Å². The van der Waals surface area contributed by atoms with Crippen molar-refractivity contribution in [3.63, 3.8) is 0 Å². The summed E-state index contributed by atoms with van der Waals surface area (Å²) < 4.78 is 0. The number of carbonyl (C=O) groups is 2. The van der Waals surface area contributed by atoms with E-state index in [1.54, 1.807) is 0 Å². The van der Waals surface area contributed by atoms with E-state index >= 15 is 0 Å². The van der Waals surface area contributed by atoms with E-state index in [-0.39, 0.29) is 11.6 Å². The Labute approximate surface area is 115 Å². The van der Waals surface area contributed by atoms with Gasteiger partial charge in [-0.25, -0.2) is 4.79 Å². The SMILES string of the molecule is CN(CCCNC(=O)c1ccc([N+](=O)[O-])cc1)C(=O)O. The number of hydrogen-bond acceptors (Lipinski definition) is 4. The molecular formula is C12H15N3O5. The highest BCUT2D eigenvalue weighted by Crippen LogP contribution is 2.11. The fourth-order valence-electron chi connectivity index (χ4n) is 1.45. The van der Waals surface area contributed by atoms with Gasteiger partial charge < -0.3 is 15.3 Å². The van der Waals surface area contributed by atoms with E-state index in [1.807, 2.05) is 0 Å². The van der Waals surface area contributed by atoms with Gasteiger partial charge in [0.15, 0.2) is 0 Å². The number of non-ortho nitro benzene ring substituents is 1. The molecule has 8 heteroatoms. The van der Waals surface area contributed by atoms with E-state index in [1.165, 1.54) is 31.3 Å². The molecule has 0 radical (unpaired) electrons. The summed E-state index contributed by atoms with van der Waals surface area (Å²) in [6, 6.07) is 5.26. The Kier molecular flexibility index (Phi) is 5.45. The van der Waals surface area contributed by atoms with Gasteiger partial charge in [0.05, 0.1) is 4.92 Å². The highest BCUT2D eigenvalue weighted by Gasteiger charge is 2.09. The Balaban J connectivity index is 2.39. The van der Waals surface area contributed by atoms with Gasteiger partial charge in [-0.2, -0.15) is 0 Å². The molecule has 0 atom stereocenters. The van der Waals surface area contributed by atoms with Crippen LogP contribution in [-0.4, -0.2) is 47.1 Å². The molecule has 8 nitrogen and oxygen atoms in total. The minimum absolute atomic E-state index is 0.0790. The molecule has 0 heterocycles. The smallest absolute Gasteiger partial charge is 0.407 e. The molecule has 0 fully saturated rings. The molecule has 1 aromatic rings. The molecular weight excluding hydrogens is 266 g/mol. The molecule has 1 rings (SSSR count). The zero-order valence-electron chi connectivity index (χ0n) is 10.9. The van der Waals surface area contributed by atoms with Crippen molar-refractivity contribution in [1.29, 1.82) is 0 Å². The van der Waals surface area contributed by atoms with Crippen LogP contribution in [0, 0.1) is 10.1 Å². The molecule has 0 aliphatic rings. The molecule has 0 unspecified atom stereocenters. The molecule has 0 saturated carbocycles. The van der Waals surface area contributed by atoms with Crippen LogP contribution < -0.4 is 5.32 Å². The van der Waals surface area contributed by atoms with Crippen molar-refractivity contribution in [2.45, 2.75) is 6.42 Å². The minimum atomic E-state index is -1.02. The van der Waals surface area contributed by atoms with Gasteiger partial charge in [-0.3, -0.25) is 14.9 Å². The van der Waals surface area contributed by atoms with E-state index < -0.39 is 11.0 Å². The normalized spacial score (nSPS) is 9.85. The first-order valence-electron chi connectivity index (χ1n) is 5.88. The largest absolute Gasteiger partial charge is 0.465 e. The number of carbonyl (C=O) groups excluding carboxylic acids is 1. The van der Waals surface area contributed by atoms with Crippen molar-refractivity contribution in [2.75, 3.05) is 20.1 Å². The summed E-state index contributed by atoms with van der Waals surface area (Å²) in [5.41, 5.74) is 0.242. The second-order valence-electron chi connectivity index (χ2n) is 4.12. The van der Waals surface area contributed by atoms with Gasteiger partial charge in [0.2, 0.25) is 0 Å². The van der Waals surface area contributed by atoms with Crippen molar-refractivity contribution in [3.05, 3.63) is 39.9 Å². The molecule has 2 N–H and O–H groups in total. The summed E-state index contributed by atoms with van der Waals surface area (Å²) in [5, 5.41) is 21.7. The minimum Gasteiger partial charge on any atom is -0.465 e. The Morgan fingerprint density at radius 3 is 2.45 bits per heavy atom. The van der Waals surface area contributed by atoms with E-state index in [0.29, 0.717) is 25.1 Å². The summed E-state index contributed by atoms with van der Waals surface area (Å²) in [6.45, 7) is 0.642. The lowest BCUT2D eigenvalue weighted by Gasteiger charge is -2.12. The van der Waals surface area contributed by atoms with E-state index in [0.717, 1.165) is 4.90 Å². The predicted molar refractivity (Wildman–Crippen MR) is 70.7 cm³/mol. The van der Waals surface area contributed by atoms with Crippen LogP contribution in [0.4, 0.5) is 10.5 Å². The van der Waals surface area contributed by atoms with Gasteiger partial charge >= 0.3 is 6.09 Å². The second kappa shape index (κ2) is 7.07. The molecule has 0 aliphatic carbocycles. The number of nitro groups is 1. The average Bonchev–Trinajstić information content (AvgIpc) is 2.43. The third kappa shape index (κ3) is 4.56.